The first-order valence-corrected chi connectivity index (χ1v) is 11.1. The van der Waals surface area contributed by atoms with Gasteiger partial charge in [-0.25, -0.2) is 4.39 Å². The summed E-state index contributed by atoms with van der Waals surface area (Å²) in [5.74, 6) is -1.21. The second-order valence-electron chi connectivity index (χ2n) is 6.25. The topological polar surface area (TPSA) is 58.6 Å². The molecule has 0 atom stereocenters. The molecule has 2 aromatic rings. The largest absolute Gasteiger partial charge is 0.478 e. The Bertz CT molecular complexity index is 1090. The first-order chi connectivity index (χ1) is 13.8. The lowest BCUT2D eigenvalue weighted by Gasteiger charge is -2.30. The van der Waals surface area contributed by atoms with Crippen LogP contribution in [0.1, 0.15) is 11.1 Å². The lowest BCUT2D eigenvalue weighted by atomic mass is 10.1. The van der Waals surface area contributed by atoms with Crippen molar-refractivity contribution in [3.63, 3.8) is 0 Å². The van der Waals surface area contributed by atoms with Gasteiger partial charge in [-0.2, -0.15) is 0 Å². The minimum atomic E-state index is -0.603. The number of thiocarbonyl (C=S) groups is 1. The minimum Gasteiger partial charge on any atom is -0.478 e. The zero-order valence-corrected chi connectivity index (χ0v) is 19.3. The molecule has 0 radical (unpaired) electrons. The molecule has 0 spiro atoms. The van der Waals surface area contributed by atoms with Crippen LogP contribution in [0.4, 0.5) is 10.1 Å². The Morgan fingerprint density at radius 3 is 2.59 bits per heavy atom. The number of hydrogen-bond donors (Lipinski definition) is 1. The first kappa shape index (κ1) is 20.5. The van der Waals surface area contributed by atoms with Gasteiger partial charge in [-0.1, -0.05) is 55.8 Å². The Balaban J connectivity index is 1.74. The van der Waals surface area contributed by atoms with Crippen LogP contribution < -0.4 is 15.0 Å². The number of halogens is 3. The van der Waals surface area contributed by atoms with Crippen molar-refractivity contribution in [1.29, 1.82) is 0 Å². The number of fused-ring (bicyclic) bond motifs is 1. The molecule has 2 aliphatic heterocycles. The van der Waals surface area contributed by atoms with Crippen molar-refractivity contribution < 1.29 is 18.7 Å². The van der Waals surface area contributed by atoms with Crippen molar-refractivity contribution in [2.45, 2.75) is 6.54 Å². The molecular formula is C19H11Br2FN2O3S2. The standard InChI is InChI=1S/C19H11Br2FN2O3S2/c20-11-1-10(2-12(21)6-11)7-24-14-4-9(5-15-18(26)23-19(28)29-15)3-13(22)17(14)27-8-16(24)25/h1-6H,7-8H2,(H,23,26,28). The molecule has 2 aliphatic rings. The van der Waals surface area contributed by atoms with Crippen molar-refractivity contribution in [3.8, 4) is 5.75 Å². The molecule has 5 nitrogen and oxygen atoms in total. The van der Waals surface area contributed by atoms with Crippen molar-refractivity contribution in [2.75, 3.05) is 11.5 Å². The van der Waals surface area contributed by atoms with Gasteiger partial charge in [-0.15, -0.1) is 0 Å². The number of benzene rings is 2. The number of nitrogens with zero attached hydrogens (tertiary/aromatic N) is 1. The van der Waals surface area contributed by atoms with Crippen molar-refractivity contribution in [3.05, 3.63) is 61.1 Å². The highest BCUT2D eigenvalue weighted by Crippen LogP contribution is 2.38. The molecule has 0 saturated carbocycles. The Morgan fingerprint density at radius 2 is 1.93 bits per heavy atom. The Hall–Kier alpha value is -1.75. The Morgan fingerprint density at radius 1 is 1.21 bits per heavy atom. The van der Waals surface area contributed by atoms with E-state index in [4.69, 9.17) is 17.0 Å². The number of hydrogen-bond acceptors (Lipinski definition) is 5. The van der Waals surface area contributed by atoms with Crippen molar-refractivity contribution in [2.24, 2.45) is 0 Å². The molecule has 2 aromatic carbocycles. The zero-order chi connectivity index (χ0) is 20.7. The third-order valence-electron chi connectivity index (χ3n) is 4.18. The molecule has 2 heterocycles. The molecule has 0 aliphatic carbocycles. The lowest BCUT2D eigenvalue weighted by molar-refractivity contribution is -0.121. The van der Waals surface area contributed by atoms with Crippen LogP contribution >= 0.6 is 55.8 Å². The Kier molecular flexibility index (Phi) is 5.78. The fourth-order valence-electron chi connectivity index (χ4n) is 3.00. The number of amides is 2. The number of carbonyl (C=O) groups is 2. The van der Waals surface area contributed by atoms with E-state index in [0.717, 1.165) is 26.3 Å². The van der Waals surface area contributed by atoms with Gasteiger partial charge in [0.25, 0.3) is 11.8 Å². The SMILES string of the molecule is O=C1NC(=S)SC1=Cc1cc(F)c2c(c1)N(Cc1cc(Br)cc(Br)c1)C(=O)CO2. The molecule has 4 rings (SSSR count). The molecule has 1 N–H and O–H groups in total. The minimum absolute atomic E-state index is 0.0138. The molecule has 2 amide bonds. The molecule has 1 saturated heterocycles. The van der Waals surface area contributed by atoms with Crippen LogP contribution in [0, 0.1) is 5.82 Å². The lowest BCUT2D eigenvalue weighted by Crippen LogP contribution is -2.38. The smallest absolute Gasteiger partial charge is 0.265 e. The average Bonchev–Trinajstić information content (AvgIpc) is 2.94. The maximum absolute atomic E-state index is 14.7. The van der Waals surface area contributed by atoms with E-state index < -0.39 is 5.82 Å². The first-order valence-electron chi connectivity index (χ1n) is 8.27. The average molecular weight is 558 g/mol. The normalized spacial score (nSPS) is 17.4. The fraction of sp³-hybridized carbons (Fsp3) is 0.105. The zero-order valence-electron chi connectivity index (χ0n) is 14.5. The van der Waals surface area contributed by atoms with E-state index >= 15 is 0 Å². The summed E-state index contributed by atoms with van der Waals surface area (Å²) in [6.45, 7) is -0.00191. The van der Waals surface area contributed by atoms with Crippen molar-refractivity contribution >= 4 is 83.7 Å². The van der Waals surface area contributed by atoms with Crippen LogP contribution in [0.15, 0.2) is 44.2 Å². The number of nitrogens with one attached hydrogen (secondary N) is 1. The number of thioether (sulfide) groups is 1. The van der Waals surface area contributed by atoms with Gasteiger partial charge in [-0.3, -0.25) is 9.59 Å². The highest BCUT2D eigenvalue weighted by molar-refractivity contribution is 9.11. The molecule has 0 unspecified atom stereocenters. The summed E-state index contributed by atoms with van der Waals surface area (Å²) in [4.78, 5) is 26.3. The summed E-state index contributed by atoms with van der Waals surface area (Å²) < 4.78 is 22.1. The van der Waals surface area contributed by atoms with Crippen LogP contribution in [0.5, 0.6) is 5.75 Å². The third kappa shape index (κ3) is 4.40. The van der Waals surface area contributed by atoms with Gasteiger partial charge in [0.1, 0.15) is 4.32 Å². The molecule has 1 fully saturated rings. The summed E-state index contributed by atoms with van der Waals surface area (Å²) in [6, 6.07) is 8.55. The van der Waals surface area contributed by atoms with E-state index in [9.17, 15) is 14.0 Å². The summed E-state index contributed by atoms with van der Waals surface area (Å²) in [5, 5.41) is 2.52. The van der Waals surface area contributed by atoms with E-state index in [-0.39, 0.29) is 30.7 Å². The number of rotatable bonds is 3. The molecule has 29 heavy (non-hydrogen) atoms. The number of carbonyl (C=O) groups excluding carboxylic acids is 2. The van der Waals surface area contributed by atoms with Crippen LogP contribution in [0.2, 0.25) is 0 Å². The fourth-order valence-corrected chi connectivity index (χ4v) is 5.44. The second kappa shape index (κ2) is 8.17. The maximum Gasteiger partial charge on any atom is 0.265 e. The van der Waals surface area contributed by atoms with Crippen LogP contribution in [-0.4, -0.2) is 22.7 Å². The van der Waals surface area contributed by atoms with Gasteiger partial charge < -0.3 is 15.0 Å². The van der Waals surface area contributed by atoms with Crippen LogP contribution in [-0.2, 0) is 16.1 Å². The summed E-state index contributed by atoms with van der Waals surface area (Å²) >= 11 is 12.9. The second-order valence-corrected chi connectivity index (χ2v) is 9.80. The van der Waals surface area contributed by atoms with Gasteiger partial charge in [0.05, 0.1) is 17.1 Å². The van der Waals surface area contributed by atoms with Gasteiger partial charge in [-0.05, 0) is 47.5 Å². The summed E-state index contributed by atoms with van der Waals surface area (Å²) in [6.07, 6.45) is 1.54. The summed E-state index contributed by atoms with van der Waals surface area (Å²) in [7, 11) is 0. The summed E-state index contributed by atoms with van der Waals surface area (Å²) in [5.41, 5.74) is 1.60. The monoisotopic (exact) mass is 556 g/mol. The molecule has 0 bridgehead atoms. The van der Waals surface area contributed by atoms with Gasteiger partial charge in [0.2, 0.25) is 0 Å². The maximum atomic E-state index is 14.7. The highest BCUT2D eigenvalue weighted by Gasteiger charge is 2.29. The predicted molar refractivity (Wildman–Crippen MR) is 121 cm³/mol. The highest BCUT2D eigenvalue weighted by atomic mass is 79.9. The van der Waals surface area contributed by atoms with E-state index in [1.165, 1.54) is 17.0 Å². The Labute approximate surface area is 191 Å². The van der Waals surface area contributed by atoms with Gasteiger partial charge in [0.15, 0.2) is 18.2 Å². The molecule has 10 heteroatoms. The van der Waals surface area contributed by atoms with Gasteiger partial charge >= 0.3 is 0 Å². The van der Waals surface area contributed by atoms with E-state index in [0.29, 0.717) is 20.5 Å². The quantitative estimate of drug-likeness (QED) is 0.435. The van der Waals surface area contributed by atoms with Gasteiger partial charge in [0, 0.05) is 8.95 Å². The number of ether oxygens (including phenoxy) is 1. The predicted octanol–water partition coefficient (Wildman–Crippen LogP) is 4.77. The molecule has 148 valence electrons. The van der Waals surface area contributed by atoms with Crippen molar-refractivity contribution in [1.82, 2.24) is 5.32 Å². The van der Waals surface area contributed by atoms with E-state index in [1.54, 1.807) is 6.07 Å². The van der Waals surface area contributed by atoms with E-state index in [1.807, 2.05) is 18.2 Å². The van der Waals surface area contributed by atoms with Crippen LogP contribution in [0.25, 0.3) is 6.08 Å². The van der Waals surface area contributed by atoms with E-state index in [2.05, 4.69) is 37.2 Å². The number of anilines is 1. The molecular weight excluding hydrogens is 547 g/mol. The van der Waals surface area contributed by atoms with Crippen LogP contribution in [0.3, 0.4) is 0 Å². The third-order valence-corrected chi connectivity index (χ3v) is 6.26. The molecule has 0 aromatic heterocycles.